The van der Waals surface area contributed by atoms with Crippen molar-refractivity contribution in [2.45, 2.75) is 13.3 Å². The van der Waals surface area contributed by atoms with Crippen LogP contribution in [0.15, 0.2) is 11.1 Å². The van der Waals surface area contributed by atoms with Gasteiger partial charge in [-0.2, -0.15) is 0 Å². The van der Waals surface area contributed by atoms with Crippen molar-refractivity contribution < 1.29 is 9.84 Å². The fraction of sp³-hybridized carbons (Fsp3) is 0.500. The molecular formula is C12H17N3O2S. The number of rotatable bonds is 5. The van der Waals surface area contributed by atoms with Crippen molar-refractivity contribution >= 4 is 22.7 Å². The summed E-state index contributed by atoms with van der Waals surface area (Å²) in [6.45, 7) is 3.56. The smallest absolute Gasteiger partial charge is 0.135 e. The van der Waals surface area contributed by atoms with Gasteiger partial charge < -0.3 is 14.7 Å². The van der Waals surface area contributed by atoms with Gasteiger partial charge >= 0.3 is 0 Å². The van der Waals surface area contributed by atoms with Crippen LogP contribution in [0.3, 0.4) is 0 Å². The number of aromatic nitrogens is 1. The Kier molecular flexibility index (Phi) is 3.98. The van der Waals surface area contributed by atoms with E-state index in [9.17, 15) is 5.11 Å². The van der Waals surface area contributed by atoms with Crippen LogP contribution < -0.4 is 0 Å². The van der Waals surface area contributed by atoms with E-state index in [1.54, 1.807) is 12.0 Å². The predicted molar refractivity (Wildman–Crippen MR) is 72.2 cm³/mol. The van der Waals surface area contributed by atoms with Crippen LogP contribution in [0.25, 0.3) is 5.57 Å². The lowest BCUT2D eigenvalue weighted by molar-refractivity contribution is 0.177. The second kappa shape index (κ2) is 5.49. The number of nitrogens with zero attached hydrogens (tertiary/aromatic N) is 2. The number of hydrogen-bond acceptors (Lipinski definition) is 5. The summed E-state index contributed by atoms with van der Waals surface area (Å²) in [7, 11) is 1.63. The Morgan fingerprint density at radius 1 is 1.61 bits per heavy atom. The van der Waals surface area contributed by atoms with Crippen molar-refractivity contribution in [3.05, 3.63) is 21.8 Å². The molecule has 0 unspecified atom stereocenters. The molecule has 1 aromatic heterocycles. The number of amidine groups is 1. The highest BCUT2D eigenvalue weighted by molar-refractivity contribution is 7.11. The Morgan fingerprint density at radius 2 is 2.39 bits per heavy atom. The number of ether oxygens (including phenoxy) is 1. The Balaban J connectivity index is 2.17. The number of hydrogen-bond donors (Lipinski definition) is 2. The van der Waals surface area contributed by atoms with Crippen molar-refractivity contribution in [2.24, 2.45) is 0 Å². The maximum atomic E-state index is 9.99. The molecule has 0 amide bonds. The molecule has 0 spiro atoms. The van der Waals surface area contributed by atoms with Crippen LogP contribution in [0.2, 0.25) is 0 Å². The molecule has 0 saturated heterocycles. The zero-order valence-corrected chi connectivity index (χ0v) is 11.4. The highest BCUT2D eigenvalue weighted by atomic mass is 32.1. The first-order chi connectivity index (χ1) is 8.67. The zero-order valence-electron chi connectivity index (χ0n) is 10.6. The Hall–Kier alpha value is -1.40. The highest BCUT2D eigenvalue weighted by Gasteiger charge is 2.29. The molecular weight excluding hydrogens is 250 g/mol. The van der Waals surface area contributed by atoms with E-state index in [-0.39, 0.29) is 5.76 Å². The van der Waals surface area contributed by atoms with E-state index in [1.807, 2.05) is 12.3 Å². The molecule has 0 radical (unpaired) electrons. The summed E-state index contributed by atoms with van der Waals surface area (Å²) in [4.78, 5) is 6.22. The summed E-state index contributed by atoms with van der Waals surface area (Å²) < 4.78 is 5.00. The predicted octanol–water partition coefficient (Wildman–Crippen LogP) is 1.91. The number of nitrogens with one attached hydrogen (secondary N) is 1. The average Bonchev–Trinajstić information content (AvgIpc) is 2.92. The molecule has 5 nitrogen and oxygen atoms in total. The number of aliphatic hydroxyl groups is 1. The summed E-state index contributed by atoms with van der Waals surface area (Å²) in [6.07, 6.45) is 0.866. The second-order valence-corrected chi connectivity index (χ2v) is 4.94. The van der Waals surface area contributed by atoms with Gasteiger partial charge in [0.25, 0.3) is 0 Å². The van der Waals surface area contributed by atoms with E-state index < -0.39 is 0 Å². The summed E-state index contributed by atoms with van der Waals surface area (Å²) in [5.74, 6) is 0.564. The quantitative estimate of drug-likeness (QED) is 0.855. The molecule has 18 heavy (non-hydrogen) atoms. The summed E-state index contributed by atoms with van der Waals surface area (Å²) in [5.41, 5.74) is 1.56. The molecule has 98 valence electrons. The molecule has 1 aliphatic rings. The maximum absolute atomic E-state index is 9.99. The van der Waals surface area contributed by atoms with Gasteiger partial charge in [-0.3, -0.25) is 5.41 Å². The molecule has 2 rings (SSSR count). The van der Waals surface area contributed by atoms with Gasteiger partial charge in [0.05, 0.1) is 24.4 Å². The first kappa shape index (κ1) is 13.0. The van der Waals surface area contributed by atoms with Crippen molar-refractivity contribution in [2.75, 3.05) is 26.8 Å². The van der Waals surface area contributed by atoms with Gasteiger partial charge in [0.1, 0.15) is 16.6 Å². The Morgan fingerprint density at radius 3 is 3.00 bits per heavy atom. The average molecular weight is 267 g/mol. The van der Waals surface area contributed by atoms with Crippen LogP contribution >= 0.6 is 11.3 Å². The van der Waals surface area contributed by atoms with Crippen molar-refractivity contribution in [3.63, 3.8) is 0 Å². The highest BCUT2D eigenvalue weighted by Crippen LogP contribution is 2.29. The molecule has 6 heteroatoms. The molecule has 0 bridgehead atoms. The SMILES string of the molecule is CCc1csc(C2=C(O)CN(CCOC)C2=N)n1. The molecule has 2 N–H and O–H groups in total. The van der Waals surface area contributed by atoms with Gasteiger partial charge in [0, 0.05) is 19.0 Å². The molecule has 0 fully saturated rings. The van der Waals surface area contributed by atoms with Gasteiger partial charge in [-0.15, -0.1) is 11.3 Å². The third-order valence-corrected chi connectivity index (χ3v) is 3.78. The van der Waals surface area contributed by atoms with Crippen LogP contribution in [0.1, 0.15) is 17.6 Å². The molecule has 0 atom stereocenters. The summed E-state index contributed by atoms with van der Waals surface area (Å²) in [6, 6.07) is 0. The van der Waals surface area contributed by atoms with Crippen LogP contribution in [0.5, 0.6) is 0 Å². The first-order valence-corrected chi connectivity index (χ1v) is 6.75. The minimum Gasteiger partial charge on any atom is -0.510 e. The molecule has 2 heterocycles. The fourth-order valence-corrected chi connectivity index (χ4v) is 2.80. The van der Waals surface area contributed by atoms with Gasteiger partial charge in [-0.05, 0) is 6.42 Å². The Labute approximate surface area is 110 Å². The largest absolute Gasteiger partial charge is 0.510 e. The molecule has 1 aliphatic heterocycles. The summed E-state index contributed by atoms with van der Waals surface area (Å²) in [5, 5.41) is 20.8. The Bertz CT molecular complexity index is 481. The lowest BCUT2D eigenvalue weighted by Crippen LogP contribution is -2.29. The molecule has 0 aromatic carbocycles. The molecule has 1 aromatic rings. The van der Waals surface area contributed by atoms with Crippen LogP contribution in [-0.2, 0) is 11.2 Å². The number of aryl methyl sites for hydroxylation is 1. The van der Waals surface area contributed by atoms with Crippen molar-refractivity contribution in [1.82, 2.24) is 9.88 Å². The third-order valence-electron chi connectivity index (χ3n) is 2.88. The van der Waals surface area contributed by atoms with E-state index in [0.29, 0.717) is 31.1 Å². The standard InChI is InChI=1S/C12H17N3O2S/c1-3-8-7-18-12(14-8)10-9(16)6-15(11(10)13)4-5-17-2/h7,13,16H,3-6H2,1-2H3. The van der Waals surface area contributed by atoms with E-state index in [0.717, 1.165) is 17.1 Å². The van der Waals surface area contributed by atoms with E-state index in [1.165, 1.54) is 11.3 Å². The van der Waals surface area contributed by atoms with E-state index in [4.69, 9.17) is 10.1 Å². The molecule has 0 aliphatic carbocycles. The van der Waals surface area contributed by atoms with Gasteiger partial charge in [-0.25, -0.2) is 4.98 Å². The van der Waals surface area contributed by atoms with Gasteiger partial charge in [-0.1, -0.05) is 6.92 Å². The van der Waals surface area contributed by atoms with E-state index in [2.05, 4.69) is 4.98 Å². The topological polar surface area (TPSA) is 69.4 Å². The number of methoxy groups -OCH3 is 1. The number of thiazole rings is 1. The van der Waals surface area contributed by atoms with Gasteiger partial charge in [0.15, 0.2) is 0 Å². The zero-order chi connectivity index (χ0) is 13.1. The van der Waals surface area contributed by atoms with Crippen LogP contribution in [-0.4, -0.2) is 47.6 Å². The van der Waals surface area contributed by atoms with Crippen LogP contribution in [0, 0.1) is 5.41 Å². The third kappa shape index (κ3) is 2.39. The summed E-state index contributed by atoms with van der Waals surface area (Å²) >= 11 is 1.48. The second-order valence-electron chi connectivity index (χ2n) is 4.08. The first-order valence-electron chi connectivity index (χ1n) is 5.87. The van der Waals surface area contributed by atoms with Crippen LogP contribution in [0.4, 0.5) is 0 Å². The minimum absolute atomic E-state index is 0.230. The maximum Gasteiger partial charge on any atom is 0.135 e. The van der Waals surface area contributed by atoms with E-state index >= 15 is 0 Å². The number of aliphatic hydroxyl groups excluding tert-OH is 1. The molecule has 0 saturated carbocycles. The monoisotopic (exact) mass is 267 g/mol. The van der Waals surface area contributed by atoms with Crippen molar-refractivity contribution in [1.29, 1.82) is 5.41 Å². The lowest BCUT2D eigenvalue weighted by atomic mass is 10.2. The fourth-order valence-electron chi connectivity index (χ4n) is 1.83. The lowest BCUT2D eigenvalue weighted by Gasteiger charge is -2.17. The normalized spacial score (nSPS) is 15.9. The van der Waals surface area contributed by atoms with Crippen molar-refractivity contribution in [3.8, 4) is 0 Å². The minimum atomic E-state index is 0.230. The van der Waals surface area contributed by atoms with Gasteiger partial charge in [0.2, 0.25) is 0 Å².